The molecule has 0 unspecified atom stereocenters. The number of hydrogen-bond acceptors (Lipinski definition) is 5. The van der Waals surface area contributed by atoms with Crippen LogP contribution in [-0.2, 0) is 43.4 Å². The number of hydrogen-bond donors (Lipinski definition) is 0. The smallest absolute Gasteiger partial charge is 0.577 e. The summed E-state index contributed by atoms with van der Waals surface area (Å²) in [5, 5.41) is 12.1. The summed E-state index contributed by atoms with van der Waals surface area (Å²) >= 11 is 0. The zero-order chi connectivity index (χ0) is 57.4. The van der Waals surface area contributed by atoms with E-state index in [1.165, 1.54) is 32.7 Å². The van der Waals surface area contributed by atoms with Crippen LogP contribution in [0, 0.1) is 43.5 Å². The molecule has 1 radical (unpaired) electrons. The number of aryl methyl sites for hydroxylation is 1. The summed E-state index contributed by atoms with van der Waals surface area (Å²) in [4.78, 5) is 10.5. The van der Waals surface area contributed by atoms with E-state index in [0.717, 1.165) is 0 Å². The molecule has 0 aliphatic carbocycles. The molecule has 8 rings (SSSR count). The molecule has 78 heavy (non-hydrogen) atoms. The topological polar surface area (TPSA) is 135 Å². The summed E-state index contributed by atoms with van der Waals surface area (Å²) < 4.78 is 91.7. The zero-order valence-electron chi connectivity index (χ0n) is 42.3. The van der Waals surface area contributed by atoms with Crippen LogP contribution in [-0.4, -0.2) is 11.4 Å². The molecule has 0 fully saturated rings. The molecule has 0 bridgehead atoms. The van der Waals surface area contributed by atoms with Crippen LogP contribution in [0.3, 0.4) is 0 Å². The van der Waals surface area contributed by atoms with Gasteiger partial charge in [0, 0.05) is 26.7 Å². The SMILES string of the molecule is Cc1cc[cH-]c1.F[P-](F)(F)(F)(F)F.[C-]#N.[C-]#[N+]C(C)(C)C.[C-]#[O+].[C-]#[O+].[Mn+2].[Mn+3].[N-]=O.c1ccc(OP(Oc2ccccc2)Oc2ccccc2)cc1.c1ccc(P(CP(c2ccccc2)c2ccccc2)c2ccccc2)cc1. The van der Waals surface area contributed by atoms with E-state index in [9.17, 15) is 25.2 Å². The Morgan fingerprint density at radius 2 is 0.718 bits per heavy atom. The van der Waals surface area contributed by atoms with Crippen molar-refractivity contribution in [1.82, 2.24) is 0 Å². The fraction of sp³-hybridized carbons (Fsp3) is 0.105. The third kappa shape index (κ3) is 39.1. The van der Waals surface area contributed by atoms with Crippen molar-refractivity contribution in [3.8, 4) is 17.2 Å². The Morgan fingerprint density at radius 1 is 0.513 bits per heavy atom. The van der Waals surface area contributed by atoms with E-state index in [1.807, 2.05) is 124 Å². The van der Waals surface area contributed by atoms with Crippen LogP contribution in [0.2, 0.25) is 0 Å². The van der Waals surface area contributed by atoms with Gasteiger partial charge < -0.3 is 40.8 Å². The molecule has 0 N–H and O–H groups in total. The van der Waals surface area contributed by atoms with Crippen LogP contribution in [0.25, 0.3) is 10.4 Å². The van der Waals surface area contributed by atoms with Crippen LogP contribution >= 0.6 is 32.3 Å². The maximum atomic E-state index is 9.87. The number of para-hydroxylation sites is 3. The molecule has 0 aliphatic rings. The van der Waals surface area contributed by atoms with Crippen molar-refractivity contribution < 1.29 is 82.2 Å². The monoisotopic (exact) mass is 1220 g/mol. The molecule has 0 saturated heterocycles. The molecule has 0 saturated carbocycles. The molecule has 21 heteroatoms. The first-order chi connectivity index (χ1) is 36.2. The number of rotatable bonds is 12. The molecule has 0 amide bonds. The second kappa shape index (κ2) is 40.8. The Labute approximate surface area is 478 Å². The first kappa shape index (κ1) is 75.9. The minimum Gasteiger partial charge on any atom is -0.577 e. The third-order valence-electron chi connectivity index (χ3n) is 8.49. The maximum absolute atomic E-state index is 10.7. The molecular weight excluding hydrogens is 1170 g/mol. The van der Waals surface area contributed by atoms with Gasteiger partial charge in [-0.3, -0.25) is 0 Å². The predicted molar refractivity (Wildman–Crippen MR) is 297 cm³/mol. The van der Waals surface area contributed by atoms with Crippen molar-refractivity contribution in [3.63, 3.8) is 0 Å². The Hall–Kier alpha value is -6.31. The molecule has 0 aromatic heterocycles. The van der Waals surface area contributed by atoms with Gasteiger partial charge in [-0.05, 0) is 73.5 Å². The summed E-state index contributed by atoms with van der Waals surface area (Å²) in [6.45, 7) is 28.0. The van der Waals surface area contributed by atoms with E-state index in [-0.39, 0.29) is 39.7 Å². The van der Waals surface area contributed by atoms with Gasteiger partial charge in [-0.1, -0.05) is 183 Å². The molecule has 8 aromatic carbocycles. The summed E-state index contributed by atoms with van der Waals surface area (Å²) in [5.74, 6) is 3.30. The van der Waals surface area contributed by atoms with E-state index < -0.39 is 32.3 Å². The van der Waals surface area contributed by atoms with Gasteiger partial charge in [0.05, 0.1) is 0 Å². The fourth-order valence-electron chi connectivity index (χ4n) is 5.43. The van der Waals surface area contributed by atoms with E-state index in [1.54, 1.807) is 0 Å². The second-order valence-corrected chi connectivity index (χ2v) is 23.3. The van der Waals surface area contributed by atoms with Crippen molar-refractivity contribution in [3.05, 3.63) is 284 Å². The predicted octanol–water partition coefficient (Wildman–Crippen LogP) is 17.8. The van der Waals surface area contributed by atoms with Crippen molar-refractivity contribution in [1.29, 1.82) is 5.26 Å². The van der Waals surface area contributed by atoms with Gasteiger partial charge in [-0.2, -0.15) is 18.2 Å². The van der Waals surface area contributed by atoms with E-state index in [4.69, 9.17) is 51.8 Å². The van der Waals surface area contributed by atoms with Crippen molar-refractivity contribution in [2.75, 3.05) is 5.90 Å². The number of nitrogens with zero attached hydrogens (tertiary/aromatic N) is 3. The molecule has 0 heterocycles. The average molecular weight is 1220 g/mol. The molecule has 0 atom stereocenters. The van der Waals surface area contributed by atoms with Crippen molar-refractivity contribution in [2.45, 2.75) is 33.2 Å². The Morgan fingerprint density at radius 3 is 0.872 bits per heavy atom. The van der Waals surface area contributed by atoms with Crippen LogP contribution in [0.5, 0.6) is 17.2 Å². The van der Waals surface area contributed by atoms with Crippen LogP contribution in [0.4, 0.5) is 25.2 Å². The van der Waals surface area contributed by atoms with Gasteiger partial charge in [0.1, 0.15) is 17.2 Å². The number of nitroso groups, excluding NO2 is 1. The van der Waals surface area contributed by atoms with Crippen LogP contribution in [0.1, 0.15) is 26.3 Å². The molecule has 0 aliphatic heterocycles. The maximum Gasteiger partial charge on any atom is 3.00 e. The first-order valence-corrected chi connectivity index (χ1v) is 28.1. The van der Waals surface area contributed by atoms with E-state index in [2.05, 4.69) is 159 Å². The van der Waals surface area contributed by atoms with Gasteiger partial charge in [0.15, 0.2) is 0 Å². The van der Waals surface area contributed by atoms with Gasteiger partial charge >= 0.3 is 98.3 Å². The fourth-order valence-corrected chi connectivity index (χ4v) is 12.9. The quantitative estimate of drug-likeness (QED) is 0.0395. The summed E-state index contributed by atoms with van der Waals surface area (Å²) in [7, 11) is -13.1. The van der Waals surface area contributed by atoms with Crippen LogP contribution < -0.4 is 34.8 Å². The summed E-state index contributed by atoms with van der Waals surface area (Å²) in [5.41, 5.74) is 6.93. The molecule has 0 spiro atoms. The van der Waals surface area contributed by atoms with Crippen molar-refractivity contribution in [2.24, 2.45) is 0 Å². The van der Waals surface area contributed by atoms with Crippen molar-refractivity contribution >= 4 is 53.5 Å². The van der Waals surface area contributed by atoms with Gasteiger partial charge in [0.2, 0.25) is 5.54 Å². The average Bonchev–Trinajstić information content (AvgIpc) is 3.93. The molecule has 8 aromatic rings. The van der Waals surface area contributed by atoms with Gasteiger partial charge in [0.25, 0.3) is 0 Å². The Kier molecular flexibility index (Phi) is 39.7. The normalized spacial score (nSPS) is 10.4. The standard InChI is InChI=1S/C25H22P2.C18H15O3P.C6H7.C5H9N.CN.2CO.F6P.2Mn.NO/c1-5-13-22(14-6-1)26(23-15-7-2-8-16-23)21-27(24-17-9-3-10-18-24)25-19-11-4-12-20-25;1-4-10-16(11-5-1)19-22(20-17-12-6-2-7-13-17)21-18-14-8-3-9-15-18;1-6-4-2-3-5-6;1-5(2,3)6-4;3*1-2;1-7(2,3,4,5)6;;;1-2/h1-20H,21H2;1-15H;2-5H,1H3;1-3H3;;;;;;;/q;;-1;;-1;;;-1;+2;+3;-1. The first-order valence-electron chi connectivity index (χ1n) is 21.9. The van der Waals surface area contributed by atoms with E-state index >= 15 is 0 Å². The minimum atomic E-state index is -10.7. The van der Waals surface area contributed by atoms with Crippen LogP contribution in [0.15, 0.2) is 237 Å². The number of halogens is 6. The second-order valence-electron chi connectivity index (χ2n) is 15.5. The molecular formula is C57H53F6Mn2N3O6P4+. The van der Waals surface area contributed by atoms with Gasteiger partial charge in [-0.15, -0.1) is 0 Å². The zero-order valence-corrected chi connectivity index (χ0v) is 48.3. The molecule has 9 nitrogen and oxygen atoms in total. The van der Waals surface area contributed by atoms with Gasteiger partial charge in [-0.25, -0.2) is 18.2 Å². The van der Waals surface area contributed by atoms with E-state index in [0.29, 0.717) is 17.2 Å². The number of benzene rings is 7. The summed E-state index contributed by atoms with van der Waals surface area (Å²) in [6.07, 6.45) is 0. The Bertz CT molecular complexity index is 2530. The largest absolute Gasteiger partial charge is 3.00 e. The molecule has 407 valence electrons. The summed E-state index contributed by atoms with van der Waals surface area (Å²) in [6, 6.07) is 80.9. The Balaban J connectivity index is -0.000000980. The third-order valence-corrected chi connectivity index (χ3v) is 15.5. The minimum absolute atomic E-state index is 0.